The number of hydrogen-bond acceptors (Lipinski definition) is 4. The quantitative estimate of drug-likeness (QED) is 0.614. The summed E-state index contributed by atoms with van der Waals surface area (Å²) in [6.45, 7) is 10.9. The number of ether oxygens (including phenoxy) is 1. The second-order valence-corrected chi connectivity index (χ2v) is 8.18. The van der Waals surface area contributed by atoms with Crippen molar-refractivity contribution >= 4 is 11.6 Å². The molecular weight excluding hydrogens is 376 g/mol. The lowest BCUT2D eigenvalue weighted by molar-refractivity contribution is -1.02. The van der Waals surface area contributed by atoms with E-state index in [1.165, 1.54) is 10.5 Å². The number of rotatable bonds is 7. The molecule has 0 bridgehead atoms. The molecule has 2 saturated heterocycles. The number of nitrogens with one attached hydrogen (secondary N) is 2. The van der Waals surface area contributed by atoms with Gasteiger partial charge in [0, 0.05) is 17.2 Å². The van der Waals surface area contributed by atoms with Gasteiger partial charge < -0.3 is 14.5 Å². The van der Waals surface area contributed by atoms with Gasteiger partial charge in [-0.1, -0.05) is 30.3 Å². The minimum absolute atomic E-state index is 0.0963. The fraction of sp³-hybridized carbons (Fsp3) is 0.550. The van der Waals surface area contributed by atoms with E-state index >= 15 is 0 Å². The van der Waals surface area contributed by atoms with Gasteiger partial charge in [0.15, 0.2) is 6.04 Å². The van der Waals surface area contributed by atoms with Crippen LogP contribution in [-0.2, 0) is 11.3 Å². The molecule has 150 valence electrons. The van der Waals surface area contributed by atoms with Gasteiger partial charge in [-0.2, -0.15) is 0 Å². The highest BCUT2D eigenvalue weighted by atomic mass is 35.5. The van der Waals surface area contributed by atoms with E-state index in [1.54, 1.807) is 4.90 Å². The fourth-order valence-electron chi connectivity index (χ4n) is 4.37. The van der Waals surface area contributed by atoms with E-state index in [2.05, 4.69) is 34.2 Å². The second-order valence-electron chi connectivity index (χ2n) is 7.74. The van der Waals surface area contributed by atoms with Crippen LogP contribution < -0.4 is 9.80 Å². The second kappa shape index (κ2) is 9.13. The van der Waals surface area contributed by atoms with Gasteiger partial charge in [-0.25, -0.2) is 4.68 Å². The molecule has 7 nitrogen and oxygen atoms in total. The Balaban J connectivity index is 1.60. The lowest BCUT2D eigenvalue weighted by Gasteiger charge is -2.34. The molecule has 28 heavy (non-hydrogen) atoms. The first kappa shape index (κ1) is 19.5. The first-order valence-corrected chi connectivity index (χ1v) is 10.5. The first-order valence-electron chi connectivity index (χ1n) is 10.2. The van der Waals surface area contributed by atoms with Gasteiger partial charge >= 0.3 is 0 Å². The van der Waals surface area contributed by atoms with Crippen LogP contribution in [0.5, 0.6) is 0 Å². The van der Waals surface area contributed by atoms with Crippen LogP contribution in [0.2, 0.25) is 5.02 Å². The first-order chi connectivity index (χ1) is 13.7. The van der Waals surface area contributed by atoms with E-state index in [0.29, 0.717) is 6.54 Å². The van der Waals surface area contributed by atoms with Gasteiger partial charge in [0.2, 0.25) is 5.82 Å². The maximum absolute atomic E-state index is 6.14. The zero-order chi connectivity index (χ0) is 19.3. The molecule has 0 radical (unpaired) electrons. The molecule has 0 aliphatic carbocycles. The Labute approximate surface area is 170 Å². The normalized spacial score (nSPS) is 26.2. The topological polar surface area (TPSA) is 61.7 Å². The van der Waals surface area contributed by atoms with Crippen LogP contribution >= 0.6 is 11.6 Å². The molecule has 8 heteroatoms. The number of halogens is 1. The number of nitrogens with zero attached hydrogens (tertiary/aromatic N) is 4. The van der Waals surface area contributed by atoms with Crippen LogP contribution in [0.15, 0.2) is 36.9 Å². The van der Waals surface area contributed by atoms with Crippen molar-refractivity contribution in [2.45, 2.75) is 31.5 Å². The van der Waals surface area contributed by atoms with Gasteiger partial charge in [-0.15, -0.1) is 5.10 Å². The zero-order valence-electron chi connectivity index (χ0n) is 16.2. The highest BCUT2D eigenvalue weighted by Gasteiger charge is 2.35. The van der Waals surface area contributed by atoms with E-state index in [-0.39, 0.29) is 12.1 Å². The molecule has 0 unspecified atom stereocenters. The van der Waals surface area contributed by atoms with E-state index in [0.717, 1.165) is 63.0 Å². The molecule has 3 heterocycles. The van der Waals surface area contributed by atoms with E-state index in [1.807, 2.05) is 22.9 Å². The molecule has 2 aliphatic rings. The van der Waals surface area contributed by atoms with Gasteiger partial charge in [-0.05, 0) is 41.5 Å². The average Bonchev–Trinajstić information content (AvgIpc) is 3.38. The van der Waals surface area contributed by atoms with E-state index in [9.17, 15) is 0 Å². The van der Waals surface area contributed by atoms with Crippen LogP contribution in [0.1, 0.15) is 30.3 Å². The molecule has 0 spiro atoms. The van der Waals surface area contributed by atoms with Crippen molar-refractivity contribution in [1.82, 2.24) is 20.2 Å². The summed E-state index contributed by atoms with van der Waals surface area (Å²) in [4.78, 5) is 3.09. The fourth-order valence-corrected chi connectivity index (χ4v) is 4.50. The molecule has 2 aliphatic heterocycles. The predicted octanol–water partition coefficient (Wildman–Crippen LogP) is -0.436. The van der Waals surface area contributed by atoms with Gasteiger partial charge in [-0.3, -0.25) is 0 Å². The Bertz CT molecular complexity index is 765. The Hall–Kier alpha value is -1.80. The molecule has 2 fully saturated rings. The number of piperazine rings is 1. The van der Waals surface area contributed by atoms with Crippen molar-refractivity contribution in [1.29, 1.82) is 0 Å². The Morgan fingerprint density at radius 2 is 2.04 bits per heavy atom. The summed E-state index contributed by atoms with van der Waals surface area (Å²) in [6, 6.07) is 8.22. The highest BCUT2D eigenvalue weighted by Crippen LogP contribution is 2.21. The van der Waals surface area contributed by atoms with Crippen LogP contribution in [-0.4, -0.2) is 65.6 Å². The van der Waals surface area contributed by atoms with Crippen molar-refractivity contribution in [3.63, 3.8) is 0 Å². The third-order valence-electron chi connectivity index (χ3n) is 5.86. The van der Waals surface area contributed by atoms with Gasteiger partial charge in [0.1, 0.15) is 26.2 Å². The van der Waals surface area contributed by atoms with Crippen molar-refractivity contribution in [3.05, 3.63) is 53.3 Å². The molecule has 2 aromatic rings. The van der Waals surface area contributed by atoms with E-state index in [4.69, 9.17) is 16.3 Å². The van der Waals surface area contributed by atoms with Crippen LogP contribution in [0.3, 0.4) is 0 Å². The van der Waals surface area contributed by atoms with Crippen LogP contribution in [0.4, 0.5) is 0 Å². The maximum Gasteiger partial charge on any atom is 0.214 e. The molecule has 0 amide bonds. The maximum atomic E-state index is 6.14. The number of quaternary nitrogens is 2. The Morgan fingerprint density at radius 1 is 1.25 bits per heavy atom. The van der Waals surface area contributed by atoms with Gasteiger partial charge in [0.05, 0.1) is 19.2 Å². The number of tetrazole rings is 1. The summed E-state index contributed by atoms with van der Waals surface area (Å²) in [6.07, 6.45) is 4.40. The molecule has 4 rings (SSSR count). The summed E-state index contributed by atoms with van der Waals surface area (Å²) in [5.41, 5.74) is 1.20. The standard InChI is InChI=1S/C20H27ClN6O/c1-2-9-25-10-12-26(13-11-25)19(16-5-7-17(21)8-6-16)20-22-23-24-27(20)15-18-4-3-14-28-18/h2,5-8,18-19H,1,3-4,9-15H2/p+2/t18-,19+/m1/s1. The lowest BCUT2D eigenvalue weighted by atomic mass is 10.0. The molecule has 0 saturated carbocycles. The molecule has 2 N–H and O–H groups in total. The van der Waals surface area contributed by atoms with E-state index < -0.39 is 0 Å². The third-order valence-corrected chi connectivity index (χ3v) is 6.11. The van der Waals surface area contributed by atoms with Crippen LogP contribution in [0.25, 0.3) is 0 Å². The minimum atomic E-state index is 0.0963. The Morgan fingerprint density at radius 3 is 2.71 bits per heavy atom. The summed E-state index contributed by atoms with van der Waals surface area (Å²) in [5, 5.41) is 13.5. The lowest BCUT2D eigenvalue weighted by Crippen LogP contribution is -3.28. The number of benzene rings is 1. The molecule has 2 atom stereocenters. The van der Waals surface area contributed by atoms with Gasteiger partial charge in [0.25, 0.3) is 0 Å². The van der Waals surface area contributed by atoms with Crippen molar-refractivity contribution in [3.8, 4) is 0 Å². The zero-order valence-corrected chi connectivity index (χ0v) is 16.9. The van der Waals surface area contributed by atoms with Crippen LogP contribution in [0, 0.1) is 0 Å². The third kappa shape index (κ3) is 4.43. The Kier molecular flexibility index (Phi) is 6.36. The number of hydrogen-bond donors (Lipinski definition) is 2. The average molecular weight is 405 g/mol. The van der Waals surface area contributed by atoms with Crippen molar-refractivity contribution in [2.75, 3.05) is 39.3 Å². The monoisotopic (exact) mass is 404 g/mol. The summed E-state index contributed by atoms with van der Waals surface area (Å²) < 4.78 is 7.77. The SMILES string of the molecule is C=CC[NH+]1CC[NH+]([C@@H](c2ccc(Cl)cc2)c2nnnn2C[C@H]2CCCO2)CC1. The summed E-state index contributed by atoms with van der Waals surface area (Å²) >= 11 is 6.14. The number of aromatic nitrogens is 4. The minimum Gasteiger partial charge on any atom is -0.376 e. The molecule has 1 aromatic carbocycles. The van der Waals surface area contributed by atoms with Crippen molar-refractivity contribution < 1.29 is 14.5 Å². The smallest absolute Gasteiger partial charge is 0.214 e. The summed E-state index contributed by atoms with van der Waals surface area (Å²) in [5.74, 6) is 0.917. The molecule has 1 aromatic heterocycles. The molecular formula is C20H29ClN6O+2. The highest BCUT2D eigenvalue weighted by molar-refractivity contribution is 6.30. The largest absolute Gasteiger partial charge is 0.376 e. The summed E-state index contributed by atoms with van der Waals surface area (Å²) in [7, 11) is 0. The predicted molar refractivity (Wildman–Crippen MR) is 107 cm³/mol. The van der Waals surface area contributed by atoms with Crippen molar-refractivity contribution in [2.24, 2.45) is 0 Å².